The number of benzene rings is 6. The third-order valence-corrected chi connectivity index (χ3v) is 11.4. The van der Waals surface area contributed by atoms with E-state index in [4.69, 9.17) is 16.2 Å². The molecule has 0 spiro atoms. The summed E-state index contributed by atoms with van der Waals surface area (Å²) < 4.78 is 75.6. The molecule has 0 aromatic heterocycles. The van der Waals surface area contributed by atoms with E-state index in [1.165, 1.54) is 0 Å². The molecule has 0 fully saturated rings. The number of fused-ring (bicyclic) bond motifs is 1. The summed E-state index contributed by atoms with van der Waals surface area (Å²) in [5.74, 6) is -0.859. The Morgan fingerprint density at radius 1 is 0.692 bits per heavy atom. The fourth-order valence-electron chi connectivity index (χ4n) is 6.33. The van der Waals surface area contributed by atoms with E-state index in [1.54, 1.807) is 67.6 Å². The van der Waals surface area contributed by atoms with Gasteiger partial charge in [0.25, 0.3) is 20.2 Å². The first-order valence-corrected chi connectivity index (χ1v) is 22.3. The number of ether oxygens (including phenoxy) is 1. The van der Waals surface area contributed by atoms with E-state index >= 15 is 0 Å². The van der Waals surface area contributed by atoms with Crippen molar-refractivity contribution >= 4 is 141 Å². The molecule has 0 aliphatic heterocycles. The van der Waals surface area contributed by atoms with Crippen molar-refractivity contribution < 1.29 is 40.9 Å². The number of nitrogens with one attached hydrogen (secondary N) is 1. The molecule has 0 heterocycles. The van der Waals surface area contributed by atoms with Crippen LogP contribution in [-0.4, -0.2) is 121 Å². The maximum Gasteiger partial charge on any atom is 0.296 e. The number of anilines is 3. The number of aliphatic hydroxyl groups is 1. The van der Waals surface area contributed by atoms with Crippen LogP contribution in [0.4, 0.5) is 51.2 Å². The molecule has 330 valence electrons. The third-order valence-electron chi connectivity index (χ3n) is 9.66. The minimum Gasteiger partial charge on any atom is -0.505 e. The van der Waals surface area contributed by atoms with Gasteiger partial charge in [0.15, 0.2) is 5.75 Å². The van der Waals surface area contributed by atoms with Crippen LogP contribution < -0.4 is 16.8 Å². The largest absolute Gasteiger partial charge is 0.505 e. The topological polar surface area (TPSA) is 297 Å². The molecule has 0 amide bonds. The van der Waals surface area contributed by atoms with E-state index in [1.807, 2.05) is 31.2 Å². The number of phenolic OH excluding ortho intramolecular Hbond substituents is 1. The zero-order valence-corrected chi connectivity index (χ0v) is 42.0. The molecule has 9 N–H and O–H groups in total. The van der Waals surface area contributed by atoms with Crippen LogP contribution in [0.15, 0.2) is 138 Å². The van der Waals surface area contributed by atoms with Crippen molar-refractivity contribution in [2.24, 2.45) is 30.7 Å². The Hall–Kier alpha value is -4.68. The molecule has 6 aromatic rings. The number of hydrogen-bond acceptors (Lipinski definition) is 16. The molecule has 0 aliphatic rings. The maximum atomic E-state index is 12.6. The van der Waals surface area contributed by atoms with Crippen LogP contribution in [0.1, 0.15) is 30.9 Å². The summed E-state index contributed by atoms with van der Waals surface area (Å²) in [5.41, 5.74) is 16.8. The summed E-state index contributed by atoms with van der Waals surface area (Å²) in [6.45, 7) is 6.87. The van der Waals surface area contributed by atoms with Crippen molar-refractivity contribution in [3.05, 3.63) is 108 Å². The Balaban J connectivity index is 0.00000462. The predicted octanol–water partition coefficient (Wildman–Crippen LogP) is 9.56. The van der Waals surface area contributed by atoms with Crippen LogP contribution in [0.5, 0.6) is 5.75 Å². The second-order valence-corrected chi connectivity index (χ2v) is 17.2. The van der Waals surface area contributed by atoms with Crippen molar-refractivity contribution in [3.63, 3.8) is 0 Å². The van der Waals surface area contributed by atoms with Gasteiger partial charge in [-0.1, -0.05) is 43.7 Å². The van der Waals surface area contributed by atoms with Gasteiger partial charge < -0.3 is 31.7 Å². The van der Waals surface area contributed by atoms with Gasteiger partial charge in [0.05, 0.1) is 46.5 Å². The van der Waals surface area contributed by atoms with Crippen LogP contribution in [0.25, 0.3) is 21.9 Å². The number of aliphatic hydroxyl groups excluding tert-OH is 1. The Morgan fingerprint density at radius 3 is 1.78 bits per heavy atom. The fraction of sp³-hybridized carbons (Fsp3) is 0.209. The molecule has 0 saturated carbocycles. The molecule has 0 aliphatic carbocycles. The van der Waals surface area contributed by atoms with E-state index in [0.29, 0.717) is 41.5 Å². The molecule has 0 bridgehead atoms. The Kier molecular flexibility index (Phi) is 18.9. The number of nitrogens with zero attached hydrogens (tertiary/aromatic N) is 6. The quantitative estimate of drug-likeness (QED) is 0.0148. The fourth-order valence-corrected chi connectivity index (χ4v) is 7.66. The first-order chi connectivity index (χ1) is 29.9. The average Bonchev–Trinajstić information content (AvgIpc) is 3.23. The Morgan fingerprint density at radius 2 is 1.23 bits per heavy atom. The maximum absolute atomic E-state index is 12.6. The van der Waals surface area contributed by atoms with Crippen molar-refractivity contribution in [2.75, 3.05) is 36.5 Å². The summed E-state index contributed by atoms with van der Waals surface area (Å²) in [6.07, 6.45) is 1.30. The van der Waals surface area contributed by atoms with Crippen LogP contribution in [0.2, 0.25) is 0 Å². The molecule has 1 atom stereocenters. The SMILES string of the molecule is CCCCOCC(O)CNc1ccc(N=Nc2ccc(-c3ccc(N=Nc4c(S(=O)(=O)O)cc5cc(S(=O)(=O)O)c(N=Nc6ccccc6)c(O)c5c4N)c(C)c3)cc2C)c(N)c1.[Na].[Na]. The zero-order valence-electron chi connectivity index (χ0n) is 36.3. The number of nitrogen functional groups attached to an aromatic ring is 2. The van der Waals surface area contributed by atoms with Crippen LogP contribution in [0, 0.1) is 13.8 Å². The smallest absolute Gasteiger partial charge is 0.296 e. The monoisotopic (exact) mass is 941 g/mol. The predicted molar refractivity (Wildman–Crippen MR) is 253 cm³/mol. The van der Waals surface area contributed by atoms with E-state index in [-0.39, 0.29) is 82.2 Å². The minimum absolute atomic E-state index is 0. The van der Waals surface area contributed by atoms with Crippen molar-refractivity contribution in [2.45, 2.75) is 49.5 Å². The Labute approximate surface area is 420 Å². The first-order valence-electron chi connectivity index (χ1n) is 19.4. The van der Waals surface area contributed by atoms with Crippen molar-refractivity contribution in [1.82, 2.24) is 0 Å². The number of aryl methyl sites for hydroxylation is 2. The second-order valence-electron chi connectivity index (χ2n) is 14.4. The minimum atomic E-state index is -5.07. The summed E-state index contributed by atoms with van der Waals surface area (Å²) in [5, 5.41) is 48.9. The average molecular weight is 942 g/mol. The van der Waals surface area contributed by atoms with Gasteiger partial charge >= 0.3 is 0 Å². The normalized spacial score (nSPS) is 12.5. The number of nitrogens with two attached hydrogens (primary N) is 2. The van der Waals surface area contributed by atoms with Gasteiger partial charge in [-0.3, -0.25) is 9.11 Å². The summed E-state index contributed by atoms with van der Waals surface area (Å²) in [7, 11) is -10.1. The van der Waals surface area contributed by atoms with E-state index < -0.39 is 58.9 Å². The van der Waals surface area contributed by atoms with Gasteiger partial charge in [-0.05, 0) is 115 Å². The first kappa shape index (κ1) is 52.9. The Bertz CT molecular complexity index is 3000. The molecule has 2 radical (unpaired) electrons. The number of rotatable bonds is 17. The molecule has 18 nitrogen and oxygen atoms in total. The number of aromatic hydroxyl groups is 1. The number of phenols is 1. The van der Waals surface area contributed by atoms with E-state index in [2.05, 4.69) is 42.9 Å². The molecule has 6 aromatic carbocycles. The van der Waals surface area contributed by atoms with E-state index in [9.17, 15) is 36.2 Å². The van der Waals surface area contributed by atoms with Gasteiger partial charge in [0.2, 0.25) is 0 Å². The van der Waals surface area contributed by atoms with Crippen molar-refractivity contribution in [1.29, 1.82) is 0 Å². The number of hydrogen-bond donors (Lipinski definition) is 7. The van der Waals surface area contributed by atoms with E-state index in [0.717, 1.165) is 47.4 Å². The molecular weight excluding hydrogens is 897 g/mol. The number of unbranched alkanes of at least 4 members (excludes halogenated alkanes) is 1. The van der Waals surface area contributed by atoms with Gasteiger partial charge in [-0.2, -0.15) is 32.2 Å². The third kappa shape index (κ3) is 13.5. The van der Waals surface area contributed by atoms with Crippen LogP contribution >= 0.6 is 0 Å². The standard InChI is InChI=1S/C43H45N9O9S2.2Na/c1-4-5-17-61-24-32(53)23-46-31-13-16-36(33(44)22-31)50-48-34-14-11-27(18-25(34)2)28-12-15-35(26(3)19-28)49-51-41-37(62(55,56)57)20-29-21-38(63(58,59)60)42(43(54)39(29)40(41)45)52-47-30-9-7-6-8-10-30;;/h6-16,18-22,32,46,53-54H,4-5,17,23-24,44-45H2,1-3H3,(H,55,56,57)(H,58,59,60);;. The van der Waals surface area contributed by atoms with Crippen LogP contribution in [-0.2, 0) is 25.0 Å². The molecule has 0 saturated heterocycles. The summed E-state index contributed by atoms with van der Waals surface area (Å²) in [6, 6.07) is 25.9. The van der Waals surface area contributed by atoms with Gasteiger partial charge in [-0.25, -0.2) is 0 Å². The zero-order chi connectivity index (χ0) is 45.5. The summed E-state index contributed by atoms with van der Waals surface area (Å²) >= 11 is 0. The van der Waals surface area contributed by atoms with Gasteiger partial charge in [0, 0.05) is 78.0 Å². The molecule has 1 unspecified atom stereocenters. The van der Waals surface area contributed by atoms with Gasteiger partial charge in [-0.15, -0.1) is 15.3 Å². The molecule has 22 heteroatoms. The summed E-state index contributed by atoms with van der Waals surface area (Å²) in [4.78, 5) is -1.74. The molecular formula is C43H45N9Na2O9S2. The van der Waals surface area contributed by atoms with Crippen molar-refractivity contribution in [3.8, 4) is 16.9 Å². The number of azo groups is 3. The van der Waals surface area contributed by atoms with Crippen LogP contribution in [0.3, 0.4) is 0 Å². The molecule has 65 heavy (non-hydrogen) atoms. The molecule has 6 rings (SSSR count). The second kappa shape index (κ2) is 23.2. The van der Waals surface area contributed by atoms with Gasteiger partial charge in [0.1, 0.15) is 26.9 Å².